The first-order valence-electron chi connectivity index (χ1n) is 7.57. The topological polar surface area (TPSA) is 100 Å². The molecule has 3 N–H and O–H groups in total. The smallest absolute Gasteiger partial charge is 0.191 e. The zero-order chi connectivity index (χ0) is 16.9. The van der Waals surface area contributed by atoms with Crippen LogP contribution in [0, 0.1) is 6.92 Å². The van der Waals surface area contributed by atoms with E-state index in [1.165, 1.54) is 0 Å². The van der Waals surface area contributed by atoms with Crippen molar-refractivity contribution in [2.45, 2.75) is 32.9 Å². The molecule has 2 aromatic heterocycles. The summed E-state index contributed by atoms with van der Waals surface area (Å²) in [7, 11) is 1.90. The maximum absolute atomic E-state index is 10.5. The van der Waals surface area contributed by atoms with E-state index in [1.807, 2.05) is 25.5 Å². The Kier molecular flexibility index (Phi) is 5.38. The Morgan fingerprint density at radius 3 is 2.78 bits per heavy atom. The number of rotatable bonds is 6. The summed E-state index contributed by atoms with van der Waals surface area (Å²) >= 11 is 0. The van der Waals surface area contributed by atoms with Gasteiger partial charge in [-0.05, 0) is 32.9 Å². The van der Waals surface area contributed by atoms with Crippen molar-refractivity contribution in [2.75, 3.05) is 13.1 Å². The van der Waals surface area contributed by atoms with Crippen LogP contribution < -0.4 is 10.6 Å². The first kappa shape index (κ1) is 17.0. The molecule has 8 heteroatoms. The van der Waals surface area contributed by atoms with Gasteiger partial charge in [-0.3, -0.25) is 0 Å². The molecule has 2 aromatic rings. The summed E-state index contributed by atoms with van der Waals surface area (Å²) in [5, 5.41) is 24.8. The third-order valence-electron chi connectivity index (χ3n) is 3.56. The first-order chi connectivity index (χ1) is 10.9. The molecule has 0 fully saturated rings. The molecular weight excluding hydrogens is 296 g/mol. The van der Waals surface area contributed by atoms with E-state index in [-0.39, 0.29) is 6.54 Å². The second kappa shape index (κ2) is 7.28. The molecule has 2 heterocycles. The van der Waals surface area contributed by atoms with Crippen LogP contribution in [0.2, 0.25) is 0 Å². The lowest BCUT2D eigenvalue weighted by atomic mass is 10.0. The largest absolute Gasteiger partial charge is 0.466 e. The Bertz CT molecular complexity index is 645. The van der Waals surface area contributed by atoms with Crippen molar-refractivity contribution in [3.63, 3.8) is 0 Å². The van der Waals surface area contributed by atoms with Gasteiger partial charge >= 0.3 is 0 Å². The second-order valence-electron chi connectivity index (χ2n) is 5.52. The molecule has 0 aromatic carbocycles. The Hall–Kier alpha value is -2.35. The maximum Gasteiger partial charge on any atom is 0.191 e. The lowest BCUT2D eigenvalue weighted by Crippen LogP contribution is -2.44. The van der Waals surface area contributed by atoms with Crippen molar-refractivity contribution in [1.29, 1.82) is 0 Å². The third-order valence-corrected chi connectivity index (χ3v) is 3.56. The van der Waals surface area contributed by atoms with Crippen LogP contribution in [0.1, 0.15) is 31.3 Å². The quantitative estimate of drug-likeness (QED) is 0.534. The number of aryl methyl sites for hydroxylation is 1. The summed E-state index contributed by atoms with van der Waals surface area (Å²) in [6, 6.07) is 3.49. The monoisotopic (exact) mass is 320 g/mol. The van der Waals surface area contributed by atoms with E-state index in [0.29, 0.717) is 24.8 Å². The molecule has 0 aliphatic carbocycles. The molecule has 1 atom stereocenters. The van der Waals surface area contributed by atoms with E-state index in [2.05, 4.69) is 25.8 Å². The van der Waals surface area contributed by atoms with E-state index in [9.17, 15) is 5.11 Å². The highest BCUT2D eigenvalue weighted by Crippen LogP contribution is 2.19. The van der Waals surface area contributed by atoms with Gasteiger partial charge in [-0.1, -0.05) is 0 Å². The molecule has 0 aliphatic rings. The van der Waals surface area contributed by atoms with Gasteiger partial charge in [-0.2, -0.15) is 0 Å². The number of guanidine groups is 1. The summed E-state index contributed by atoms with van der Waals surface area (Å²) in [4.78, 5) is 4.47. The van der Waals surface area contributed by atoms with Crippen LogP contribution in [0.15, 0.2) is 27.8 Å². The molecule has 0 radical (unpaired) electrons. The number of nitrogens with one attached hydrogen (secondary N) is 2. The van der Waals surface area contributed by atoms with Crippen LogP contribution in [-0.2, 0) is 19.2 Å². The highest BCUT2D eigenvalue weighted by atomic mass is 16.4. The molecule has 2 rings (SSSR count). The highest BCUT2D eigenvalue weighted by Gasteiger charge is 2.26. The van der Waals surface area contributed by atoms with E-state index in [4.69, 9.17) is 4.42 Å². The fourth-order valence-corrected chi connectivity index (χ4v) is 2.01. The number of hydrogen-bond donors (Lipinski definition) is 3. The number of furan rings is 1. The van der Waals surface area contributed by atoms with Crippen molar-refractivity contribution in [3.8, 4) is 0 Å². The average molecular weight is 320 g/mol. The van der Waals surface area contributed by atoms with Gasteiger partial charge in [0, 0.05) is 13.6 Å². The van der Waals surface area contributed by atoms with E-state index in [1.54, 1.807) is 25.3 Å². The van der Waals surface area contributed by atoms with Crippen molar-refractivity contribution in [1.82, 2.24) is 25.4 Å². The van der Waals surface area contributed by atoms with Gasteiger partial charge in [0.15, 0.2) is 11.8 Å². The van der Waals surface area contributed by atoms with Gasteiger partial charge in [-0.25, -0.2) is 4.99 Å². The van der Waals surface area contributed by atoms with Gasteiger partial charge in [0.2, 0.25) is 0 Å². The van der Waals surface area contributed by atoms with Gasteiger partial charge in [-0.15, -0.1) is 10.2 Å². The van der Waals surface area contributed by atoms with Crippen molar-refractivity contribution >= 4 is 5.96 Å². The third kappa shape index (κ3) is 4.32. The fourth-order valence-electron chi connectivity index (χ4n) is 2.01. The van der Waals surface area contributed by atoms with E-state index in [0.717, 1.165) is 11.6 Å². The molecule has 0 aliphatic heterocycles. The Balaban J connectivity index is 2.01. The summed E-state index contributed by atoms with van der Waals surface area (Å²) in [6.07, 6.45) is 1.54. The van der Waals surface area contributed by atoms with Crippen LogP contribution in [0.25, 0.3) is 0 Å². The predicted molar refractivity (Wildman–Crippen MR) is 86.8 cm³/mol. The first-order valence-corrected chi connectivity index (χ1v) is 7.57. The molecule has 0 amide bonds. The normalized spacial score (nSPS) is 14.6. The van der Waals surface area contributed by atoms with Crippen LogP contribution >= 0.6 is 0 Å². The highest BCUT2D eigenvalue weighted by molar-refractivity contribution is 5.79. The zero-order valence-electron chi connectivity index (χ0n) is 14.0. The van der Waals surface area contributed by atoms with Crippen LogP contribution in [-0.4, -0.2) is 38.9 Å². The number of hydrogen-bond acceptors (Lipinski definition) is 5. The number of aliphatic imine (C=N–C) groups is 1. The zero-order valence-corrected chi connectivity index (χ0v) is 14.0. The summed E-state index contributed by atoms with van der Waals surface area (Å²) in [6.45, 7) is 6.94. The van der Waals surface area contributed by atoms with Gasteiger partial charge in [0.1, 0.15) is 23.7 Å². The average Bonchev–Trinajstić information content (AvgIpc) is 3.15. The molecule has 0 spiro atoms. The van der Waals surface area contributed by atoms with E-state index < -0.39 is 5.60 Å². The minimum absolute atomic E-state index is 0.268. The minimum Gasteiger partial charge on any atom is -0.466 e. The summed E-state index contributed by atoms with van der Waals surface area (Å²) < 4.78 is 7.16. The molecule has 0 bridgehead atoms. The number of aliphatic hydroxyl groups is 1. The lowest BCUT2D eigenvalue weighted by molar-refractivity contribution is 0.0386. The molecule has 0 saturated carbocycles. The van der Waals surface area contributed by atoms with Crippen LogP contribution in [0.5, 0.6) is 0 Å². The number of nitrogens with zero attached hydrogens (tertiary/aromatic N) is 4. The molecular formula is C15H24N6O2. The minimum atomic E-state index is -1.12. The Morgan fingerprint density at radius 2 is 2.22 bits per heavy atom. The summed E-state index contributed by atoms with van der Waals surface area (Å²) in [5.41, 5.74) is -1.12. The van der Waals surface area contributed by atoms with E-state index >= 15 is 0 Å². The van der Waals surface area contributed by atoms with Crippen molar-refractivity contribution in [2.24, 2.45) is 12.0 Å². The van der Waals surface area contributed by atoms with Crippen molar-refractivity contribution in [3.05, 3.63) is 35.8 Å². The lowest BCUT2D eigenvalue weighted by Gasteiger charge is -2.22. The summed E-state index contributed by atoms with van der Waals surface area (Å²) in [5.74, 6) is 2.72. The molecule has 23 heavy (non-hydrogen) atoms. The molecule has 1 unspecified atom stereocenters. The number of aromatic nitrogens is 3. The van der Waals surface area contributed by atoms with Crippen molar-refractivity contribution < 1.29 is 9.52 Å². The predicted octanol–water partition coefficient (Wildman–Crippen LogP) is 0.679. The SMILES string of the molecule is CCNC(=NCc1nnc(C)n1C)NCC(C)(O)c1ccco1. The Morgan fingerprint density at radius 1 is 1.43 bits per heavy atom. The van der Waals surface area contributed by atoms with Gasteiger partial charge in [0.05, 0.1) is 12.8 Å². The van der Waals surface area contributed by atoms with Gasteiger partial charge < -0.3 is 24.7 Å². The standard InChI is InChI=1S/C15H24N6O2/c1-5-16-14(17-9-13-20-19-11(2)21(13)4)18-10-15(3,22)12-7-6-8-23-12/h6-8,22H,5,9-10H2,1-4H3,(H2,16,17,18). The Labute approximate surface area is 135 Å². The molecule has 126 valence electrons. The fraction of sp³-hybridized carbons (Fsp3) is 0.533. The molecule has 0 saturated heterocycles. The maximum atomic E-state index is 10.5. The van der Waals surface area contributed by atoms with Crippen LogP contribution in [0.4, 0.5) is 0 Å². The van der Waals surface area contributed by atoms with Crippen LogP contribution in [0.3, 0.4) is 0 Å². The molecule has 8 nitrogen and oxygen atoms in total. The van der Waals surface area contributed by atoms with Gasteiger partial charge in [0.25, 0.3) is 0 Å². The second-order valence-corrected chi connectivity index (χ2v) is 5.52.